The molecule has 3 rings (SSSR count). The van der Waals surface area contributed by atoms with Gasteiger partial charge in [0.15, 0.2) is 0 Å². The van der Waals surface area contributed by atoms with E-state index >= 15 is 0 Å². The van der Waals surface area contributed by atoms with Gasteiger partial charge in [0.1, 0.15) is 0 Å². The van der Waals surface area contributed by atoms with E-state index in [0.29, 0.717) is 18.5 Å². The van der Waals surface area contributed by atoms with E-state index in [1.54, 1.807) is 0 Å². The molecule has 2 aromatic carbocycles. The second-order valence-corrected chi connectivity index (χ2v) is 4.71. The van der Waals surface area contributed by atoms with Crippen LogP contribution in [0.3, 0.4) is 0 Å². The van der Waals surface area contributed by atoms with Gasteiger partial charge in [0.25, 0.3) is 5.91 Å². The molecule has 2 N–H and O–H groups in total. The number of nitrogens with one attached hydrogen (secondary N) is 2. The van der Waals surface area contributed by atoms with Gasteiger partial charge in [0, 0.05) is 18.5 Å². The number of hydrogen-bond acceptors (Lipinski definition) is 2. The molecule has 0 spiro atoms. The lowest BCUT2D eigenvalue weighted by atomic mass is 10.0. The van der Waals surface area contributed by atoms with Gasteiger partial charge in [0.05, 0.1) is 6.04 Å². The van der Waals surface area contributed by atoms with Gasteiger partial charge < -0.3 is 10.6 Å². The zero-order valence-corrected chi connectivity index (χ0v) is 10.3. The summed E-state index contributed by atoms with van der Waals surface area (Å²) in [6.45, 7) is 0.509. The van der Waals surface area contributed by atoms with E-state index in [1.165, 1.54) is 0 Å². The monoisotopic (exact) mass is 254 g/mol. The van der Waals surface area contributed by atoms with E-state index in [2.05, 4.69) is 10.6 Å². The van der Waals surface area contributed by atoms with Crippen LogP contribution in [0.5, 0.6) is 0 Å². The fourth-order valence-corrected chi connectivity index (χ4v) is 2.39. The minimum Gasteiger partial charge on any atom is -0.354 e. The second-order valence-electron chi connectivity index (χ2n) is 4.71. The highest BCUT2D eigenvalue weighted by Crippen LogP contribution is 2.18. The Kier molecular flexibility index (Phi) is 2.91. The molecular formula is C15H14N2O2. The first kappa shape index (κ1) is 11.7. The Morgan fingerprint density at radius 3 is 2.74 bits per heavy atom. The summed E-state index contributed by atoms with van der Waals surface area (Å²) in [6, 6.07) is 13.3. The Morgan fingerprint density at radius 1 is 1.16 bits per heavy atom. The van der Waals surface area contributed by atoms with Crippen molar-refractivity contribution in [2.45, 2.75) is 12.5 Å². The van der Waals surface area contributed by atoms with Crippen LogP contribution in [0, 0.1) is 0 Å². The predicted octanol–water partition coefficient (Wildman–Crippen LogP) is 1.46. The summed E-state index contributed by atoms with van der Waals surface area (Å²) in [6.07, 6.45) is 0.358. The smallest absolute Gasteiger partial charge is 0.252 e. The van der Waals surface area contributed by atoms with Crippen LogP contribution in [0.1, 0.15) is 16.8 Å². The summed E-state index contributed by atoms with van der Waals surface area (Å²) in [5, 5.41) is 7.57. The topological polar surface area (TPSA) is 58.2 Å². The van der Waals surface area contributed by atoms with E-state index in [1.807, 2.05) is 42.5 Å². The van der Waals surface area contributed by atoms with Crippen LogP contribution < -0.4 is 10.6 Å². The molecule has 1 fully saturated rings. The van der Waals surface area contributed by atoms with Crippen molar-refractivity contribution in [3.63, 3.8) is 0 Å². The average molecular weight is 254 g/mol. The molecule has 96 valence electrons. The number of rotatable bonds is 2. The Morgan fingerprint density at radius 2 is 1.95 bits per heavy atom. The molecule has 1 saturated heterocycles. The Hall–Kier alpha value is -2.36. The molecule has 2 aromatic rings. The van der Waals surface area contributed by atoms with E-state index < -0.39 is 0 Å². The number of carbonyl (C=O) groups is 2. The van der Waals surface area contributed by atoms with Crippen molar-refractivity contribution < 1.29 is 9.59 Å². The molecule has 1 aliphatic rings. The van der Waals surface area contributed by atoms with Gasteiger partial charge in [-0.2, -0.15) is 0 Å². The normalized spacial score (nSPS) is 18.3. The van der Waals surface area contributed by atoms with Gasteiger partial charge in [-0.05, 0) is 16.8 Å². The molecule has 1 aliphatic heterocycles. The van der Waals surface area contributed by atoms with Crippen LogP contribution in [0.4, 0.5) is 0 Å². The van der Waals surface area contributed by atoms with Crippen LogP contribution in [-0.2, 0) is 4.79 Å². The standard InChI is InChI=1S/C15H14N2O2/c18-14-8-11(9-16-14)17-15(19)13-7-3-5-10-4-1-2-6-12(10)13/h1-7,11H,8-9H2,(H,16,18)(H,17,19). The molecule has 1 atom stereocenters. The first-order chi connectivity index (χ1) is 9.24. The molecule has 1 heterocycles. The van der Waals surface area contributed by atoms with Crippen LogP contribution in [-0.4, -0.2) is 24.4 Å². The number of amides is 2. The van der Waals surface area contributed by atoms with Crippen LogP contribution in [0.25, 0.3) is 10.8 Å². The highest BCUT2D eigenvalue weighted by molar-refractivity contribution is 6.07. The molecule has 0 radical (unpaired) electrons. The Balaban J connectivity index is 1.87. The van der Waals surface area contributed by atoms with Crippen molar-refractivity contribution in [3.8, 4) is 0 Å². The van der Waals surface area contributed by atoms with Crippen molar-refractivity contribution in [1.29, 1.82) is 0 Å². The number of carbonyl (C=O) groups excluding carboxylic acids is 2. The molecule has 4 nitrogen and oxygen atoms in total. The minimum absolute atomic E-state index is 0.0109. The first-order valence-corrected chi connectivity index (χ1v) is 6.29. The summed E-state index contributed by atoms with van der Waals surface area (Å²) < 4.78 is 0. The fraction of sp³-hybridized carbons (Fsp3) is 0.200. The summed E-state index contributed by atoms with van der Waals surface area (Å²) in [4.78, 5) is 23.4. The summed E-state index contributed by atoms with van der Waals surface area (Å²) >= 11 is 0. The minimum atomic E-state index is -0.127. The lowest BCUT2D eigenvalue weighted by Crippen LogP contribution is -2.36. The van der Waals surface area contributed by atoms with Crippen molar-refractivity contribution in [1.82, 2.24) is 10.6 Å². The maximum absolute atomic E-state index is 12.3. The van der Waals surface area contributed by atoms with Gasteiger partial charge in [0.2, 0.25) is 5.91 Å². The van der Waals surface area contributed by atoms with Crippen LogP contribution in [0.2, 0.25) is 0 Å². The van der Waals surface area contributed by atoms with E-state index in [-0.39, 0.29) is 17.9 Å². The van der Waals surface area contributed by atoms with Gasteiger partial charge in [-0.1, -0.05) is 36.4 Å². The molecule has 0 saturated carbocycles. The summed E-state index contributed by atoms with van der Waals surface area (Å²) in [5.74, 6) is -0.137. The molecule has 0 aromatic heterocycles. The van der Waals surface area contributed by atoms with Crippen molar-refractivity contribution >= 4 is 22.6 Å². The zero-order valence-electron chi connectivity index (χ0n) is 10.3. The lowest BCUT2D eigenvalue weighted by Gasteiger charge is -2.12. The molecule has 1 unspecified atom stereocenters. The molecular weight excluding hydrogens is 240 g/mol. The average Bonchev–Trinajstić information content (AvgIpc) is 2.83. The van der Waals surface area contributed by atoms with E-state index in [4.69, 9.17) is 0 Å². The van der Waals surface area contributed by atoms with Crippen LogP contribution >= 0.6 is 0 Å². The van der Waals surface area contributed by atoms with Gasteiger partial charge in [-0.3, -0.25) is 9.59 Å². The van der Waals surface area contributed by atoms with Crippen LogP contribution in [0.15, 0.2) is 42.5 Å². The highest BCUT2D eigenvalue weighted by Gasteiger charge is 2.23. The van der Waals surface area contributed by atoms with E-state index in [9.17, 15) is 9.59 Å². The third-order valence-corrected chi connectivity index (χ3v) is 3.35. The summed E-state index contributed by atoms with van der Waals surface area (Å²) in [7, 11) is 0. The molecule has 4 heteroatoms. The Bertz CT molecular complexity index is 646. The summed E-state index contributed by atoms with van der Waals surface area (Å²) in [5.41, 5.74) is 0.650. The van der Waals surface area contributed by atoms with Crippen molar-refractivity contribution in [2.75, 3.05) is 6.54 Å². The van der Waals surface area contributed by atoms with E-state index in [0.717, 1.165) is 10.8 Å². The molecule has 2 amide bonds. The third-order valence-electron chi connectivity index (χ3n) is 3.35. The zero-order chi connectivity index (χ0) is 13.2. The maximum Gasteiger partial charge on any atom is 0.252 e. The number of hydrogen-bond donors (Lipinski definition) is 2. The maximum atomic E-state index is 12.3. The molecule has 19 heavy (non-hydrogen) atoms. The largest absolute Gasteiger partial charge is 0.354 e. The quantitative estimate of drug-likeness (QED) is 0.852. The Labute approximate surface area is 110 Å². The van der Waals surface area contributed by atoms with Gasteiger partial charge in [-0.25, -0.2) is 0 Å². The van der Waals surface area contributed by atoms with Crippen molar-refractivity contribution in [2.24, 2.45) is 0 Å². The van der Waals surface area contributed by atoms with Gasteiger partial charge >= 0.3 is 0 Å². The number of fused-ring (bicyclic) bond motifs is 1. The second kappa shape index (κ2) is 4.72. The fourth-order valence-electron chi connectivity index (χ4n) is 2.39. The van der Waals surface area contributed by atoms with Gasteiger partial charge in [-0.15, -0.1) is 0 Å². The lowest BCUT2D eigenvalue weighted by molar-refractivity contribution is -0.119. The SMILES string of the molecule is O=C1CC(NC(=O)c2cccc3ccccc23)CN1. The number of benzene rings is 2. The first-order valence-electron chi connectivity index (χ1n) is 6.29. The molecule has 0 bridgehead atoms. The van der Waals surface area contributed by atoms with Crippen molar-refractivity contribution in [3.05, 3.63) is 48.0 Å². The molecule has 0 aliphatic carbocycles. The highest BCUT2D eigenvalue weighted by atomic mass is 16.2. The predicted molar refractivity (Wildman–Crippen MR) is 72.8 cm³/mol. The third kappa shape index (κ3) is 2.29.